The number of benzene rings is 1. The third-order valence-corrected chi connectivity index (χ3v) is 7.67. The van der Waals surface area contributed by atoms with Gasteiger partial charge in [-0.15, -0.1) is 0 Å². The van der Waals surface area contributed by atoms with E-state index in [-0.39, 0.29) is 24.8 Å². The summed E-state index contributed by atoms with van der Waals surface area (Å²) in [5.74, 6) is 2.55. The van der Waals surface area contributed by atoms with Crippen molar-refractivity contribution in [3.63, 3.8) is 0 Å². The number of nitrogens with two attached hydrogens (primary N) is 1. The zero-order valence-corrected chi connectivity index (χ0v) is 15.4. The fourth-order valence-electron chi connectivity index (χ4n) is 5.95. The van der Waals surface area contributed by atoms with Crippen LogP contribution in [-0.2, 0) is 9.31 Å². The highest BCUT2D eigenvalue weighted by Gasteiger charge is 2.68. The third kappa shape index (κ3) is 2.19. The molecule has 4 fully saturated rings. The molecule has 2 N–H and O–H groups in total. The lowest BCUT2D eigenvalue weighted by molar-refractivity contribution is -0.199. The molecule has 6 atom stereocenters. The largest absolute Gasteiger partial charge is 0.493 e. The molecule has 5 heteroatoms. The van der Waals surface area contributed by atoms with Crippen molar-refractivity contribution < 1.29 is 14.0 Å². The van der Waals surface area contributed by atoms with Gasteiger partial charge in [-0.1, -0.05) is 32.0 Å². The minimum atomic E-state index is -0.294. The molecule has 134 valence electrons. The van der Waals surface area contributed by atoms with Gasteiger partial charge in [-0.2, -0.15) is 0 Å². The first-order valence-electron chi connectivity index (χ1n) is 9.70. The summed E-state index contributed by atoms with van der Waals surface area (Å²) >= 11 is 0. The van der Waals surface area contributed by atoms with Gasteiger partial charge in [-0.05, 0) is 49.5 Å². The van der Waals surface area contributed by atoms with Crippen LogP contribution in [0.4, 0.5) is 0 Å². The molecule has 0 amide bonds. The van der Waals surface area contributed by atoms with E-state index >= 15 is 0 Å². The summed E-state index contributed by atoms with van der Waals surface area (Å²) in [7, 11) is -0.294. The van der Waals surface area contributed by atoms with Gasteiger partial charge in [0, 0.05) is 17.4 Å². The second-order valence-corrected chi connectivity index (χ2v) is 9.28. The molecule has 2 bridgehead atoms. The molecule has 3 saturated carbocycles. The molecule has 0 radical (unpaired) electrons. The van der Waals surface area contributed by atoms with E-state index in [1.54, 1.807) is 0 Å². The molecule has 1 aromatic rings. The van der Waals surface area contributed by atoms with Crippen molar-refractivity contribution in [2.45, 2.75) is 63.6 Å². The zero-order chi connectivity index (χ0) is 17.4. The molecular formula is C20H28BNO3. The lowest BCUT2D eigenvalue weighted by atomic mass is 9.43. The van der Waals surface area contributed by atoms with Crippen LogP contribution in [0.2, 0.25) is 0 Å². The number of rotatable bonds is 3. The highest BCUT2D eigenvalue weighted by Crippen LogP contribution is 2.65. The third-order valence-electron chi connectivity index (χ3n) is 7.67. The SMILES string of the molecule is CC1(C)C2CC3OB(C(N)CC4COc5ccccc54)O[C@@]3(C)C1C2. The van der Waals surface area contributed by atoms with Crippen LogP contribution in [0.1, 0.15) is 51.5 Å². The van der Waals surface area contributed by atoms with Crippen LogP contribution in [0.25, 0.3) is 0 Å². The minimum Gasteiger partial charge on any atom is -0.493 e. The summed E-state index contributed by atoms with van der Waals surface area (Å²) in [5, 5.41) is 0. The lowest BCUT2D eigenvalue weighted by Crippen LogP contribution is -2.65. The molecule has 2 aliphatic heterocycles. The maximum absolute atomic E-state index is 6.55. The zero-order valence-electron chi connectivity index (χ0n) is 15.4. The Hall–Kier alpha value is -1.04. The summed E-state index contributed by atoms with van der Waals surface area (Å²) in [6.07, 6.45) is 3.42. The Labute approximate surface area is 150 Å². The monoisotopic (exact) mass is 341 g/mol. The van der Waals surface area contributed by atoms with Gasteiger partial charge in [0.1, 0.15) is 5.75 Å². The Balaban J connectivity index is 1.30. The van der Waals surface area contributed by atoms with Crippen LogP contribution in [0.5, 0.6) is 5.75 Å². The van der Waals surface area contributed by atoms with E-state index in [2.05, 4.69) is 32.9 Å². The quantitative estimate of drug-likeness (QED) is 0.858. The fourth-order valence-corrected chi connectivity index (χ4v) is 5.95. The van der Waals surface area contributed by atoms with Gasteiger partial charge in [0.05, 0.1) is 18.3 Å². The lowest BCUT2D eigenvalue weighted by Gasteiger charge is -2.64. The van der Waals surface area contributed by atoms with Gasteiger partial charge in [-0.25, -0.2) is 0 Å². The average Bonchev–Trinajstić information content (AvgIpc) is 3.15. The van der Waals surface area contributed by atoms with Gasteiger partial charge in [0.25, 0.3) is 0 Å². The number of para-hydroxylation sites is 1. The maximum atomic E-state index is 6.55. The van der Waals surface area contributed by atoms with Crippen LogP contribution in [0, 0.1) is 17.3 Å². The molecule has 1 aromatic carbocycles. The van der Waals surface area contributed by atoms with E-state index in [0.29, 0.717) is 23.9 Å². The molecule has 6 rings (SSSR count). The van der Waals surface area contributed by atoms with Gasteiger partial charge in [0.15, 0.2) is 0 Å². The molecule has 2 heterocycles. The van der Waals surface area contributed by atoms with Crippen LogP contribution in [-0.4, -0.2) is 31.4 Å². The summed E-state index contributed by atoms with van der Waals surface area (Å²) < 4.78 is 18.6. The standard InChI is InChI=1S/C20H28BNO3/c1-19(2)13-9-16(19)20(3)17(10-13)24-21(25-20)18(22)8-12-11-23-15-7-5-4-6-14(12)15/h4-7,12-13,16-18H,8-11,22H2,1-3H3/t12?,13?,16?,17?,18?,20-/m0/s1. The Morgan fingerprint density at radius 2 is 2.04 bits per heavy atom. The van der Waals surface area contributed by atoms with E-state index in [1.807, 2.05) is 12.1 Å². The fraction of sp³-hybridized carbons (Fsp3) is 0.700. The summed E-state index contributed by atoms with van der Waals surface area (Å²) in [6, 6.07) is 8.27. The number of fused-ring (bicyclic) bond motifs is 1. The van der Waals surface area contributed by atoms with Crippen LogP contribution >= 0.6 is 0 Å². The molecule has 0 spiro atoms. The van der Waals surface area contributed by atoms with E-state index in [9.17, 15) is 0 Å². The van der Waals surface area contributed by atoms with Crippen molar-refractivity contribution in [1.29, 1.82) is 0 Å². The molecule has 4 nitrogen and oxygen atoms in total. The average molecular weight is 341 g/mol. The van der Waals surface area contributed by atoms with Crippen LogP contribution in [0.3, 0.4) is 0 Å². The molecule has 5 aliphatic rings. The first kappa shape index (κ1) is 16.2. The molecule has 5 unspecified atom stereocenters. The first-order chi connectivity index (χ1) is 11.9. The number of hydrogen-bond donors (Lipinski definition) is 1. The van der Waals surface area contributed by atoms with E-state index in [0.717, 1.165) is 24.5 Å². The van der Waals surface area contributed by atoms with E-state index in [1.165, 1.54) is 12.0 Å². The van der Waals surface area contributed by atoms with E-state index < -0.39 is 0 Å². The smallest absolute Gasteiger partial charge is 0.475 e. The number of ether oxygens (including phenoxy) is 1. The van der Waals surface area contributed by atoms with E-state index in [4.69, 9.17) is 19.8 Å². The van der Waals surface area contributed by atoms with Crippen molar-refractivity contribution in [3.8, 4) is 5.75 Å². The Kier molecular flexibility index (Phi) is 3.39. The van der Waals surface area contributed by atoms with Crippen LogP contribution in [0.15, 0.2) is 24.3 Å². The van der Waals surface area contributed by atoms with Gasteiger partial charge in [-0.3, -0.25) is 0 Å². The highest BCUT2D eigenvalue weighted by atomic mass is 16.7. The van der Waals surface area contributed by atoms with Gasteiger partial charge < -0.3 is 19.8 Å². The van der Waals surface area contributed by atoms with Crippen molar-refractivity contribution in [2.75, 3.05) is 6.61 Å². The maximum Gasteiger partial charge on any atom is 0.475 e. The molecule has 3 aliphatic carbocycles. The van der Waals surface area contributed by atoms with Gasteiger partial charge >= 0.3 is 7.12 Å². The first-order valence-corrected chi connectivity index (χ1v) is 9.70. The molecule has 25 heavy (non-hydrogen) atoms. The predicted molar refractivity (Wildman–Crippen MR) is 97.4 cm³/mol. The van der Waals surface area contributed by atoms with Crippen molar-refractivity contribution in [1.82, 2.24) is 0 Å². The highest BCUT2D eigenvalue weighted by molar-refractivity contribution is 6.47. The minimum absolute atomic E-state index is 0.123. The Bertz CT molecular complexity index is 695. The number of hydrogen-bond acceptors (Lipinski definition) is 4. The summed E-state index contributed by atoms with van der Waals surface area (Å²) in [4.78, 5) is 0. The molecule has 0 aromatic heterocycles. The van der Waals surface area contributed by atoms with Gasteiger partial charge in [0.2, 0.25) is 0 Å². The Morgan fingerprint density at radius 1 is 1.24 bits per heavy atom. The van der Waals surface area contributed by atoms with Crippen molar-refractivity contribution >= 4 is 7.12 Å². The predicted octanol–water partition coefficient (Wildman–Crippen LogP) is 3.15. The topological polar surface area (TPSA) is 53.7 Å². The molecular weight excluding hydrogens is 313 g/mol. The second-order valence-electron chi connectivity index (χ2n) is 9.28. The summed E-state index contributed by atoms with van der Waals surface area (Å²) in [5.41, 5.74) is 8.01. The van der Waals surface area contributed by atoms with Crippen molar-refractivity contribution in [3.05, 3.63) is 29.8 Å². The summed E-state index contributed by atoms with van der Waals surface area (Å²) in [6.45, 7) is 7.73. The van der Waals surface area contributed by atoms with Crippen LogP contribution < -0.4 is 10.5 Å². The normalized spacial score (nSPS) is 41.5. The second kappa shape index (κ2) is 5.24. The molecule has 1 saturated heterocycles. The Morgan fingerprint density at radius 3 is 2.84 bits per heavy atom. The van der Waals surface area contributed by atoms with Crippen molar-refractivity contribution in [2.24, 2.45) is 23.0 Å².